The van der Waals surface area contributed by atoms with Crippen LogP contribution >= 0.6 is 12.2 Å². The van der Waals surface area contributed by atoms with Crippen molar-refractivity contribution in [3.63, 3.8) is 0 Å². The number of rotatable bonds is 6. The number of halogens is 3. The van der Waals surface area contributed by atoms with Crippen LogP contribution in [0.5, 0.6) is 0 Å². The van der Waals surface area contributed by atoms with E-state index in [1.165, 1.54) is 6.20 Å². The van der Waals surface area contributed by atoms with E-state index in [1.54, 1.807) is 12.1 Å². The summed E-state index contributed by atoms with van der Waals surface area (Å²) in [5.41, 5.74) is 6.51. The van der Waals surface area contributed by atoms with Gasteiger partial charge < -0.3 is 15.8 Å². The molecule has 0 fully saturated rings. The molecule has 0 unspecified atom stereocenters. The first-order chi connectivity index (χ1) is 8.38. The van der Waals surface area contributed by atoms with Gasteiger partial charge in [0.05, 0.1) is 24.2 Å². The molecule has 0 aliphatic carbocycles. The van der Waals surface area contributed by atoms with Crippen LogP contribution < -0.4 is 11.1 Å². The van der Waals surface area contributed by atoms with E-state index in [2.05, 4.69) is 15.0 Å². The monoisotopic (exact) mass is 279 g/mol. The third kappa shape index (κ3) is 5.78. The fraction of sp³-hybridized carbons (Fsp3) is 0.400. The first-order valence-electron chi connectivity index (χ1n) is 5.03. The topological polar surface area (TPSA) is 60.2 Å². The molecule has 1 aromatic rings. The van der Waals surface area contributed by atoms with Crippen molar-refractivity contribution in [3.8, 4) is 0 Å². The normalized spacial score (nSPS) is 11.3. The van der Waals surface area contributed by atoms with E-state index in [4.69, 9.17) is 18.0 Å². The van der Waals surface area contributed by atoms with Gasteiger partial charge in [0, 0.05) is 6.54 Å². The third-order valence-electron chi connectivity index (χ3n) is 1.86. The van der Waals surface area contributed by atoms with Gasteiger partial charge in [0.25, 0.3) is 0 Å². The molecule has 18 heavy (non-hydrogen) atoms. The van der Waals surface area contributed by atoms with E-state index in [0.29, 0.717) is 11.4 Å². The Morgan fingerprint density at radius 3 is 2.67 bits per heavy atom. The highest BCUT2D eigenvalue weighted by Gasteiger charge is 2.27. The summed E-state index contributed by atoms with van der Waals surface area (Å²) in [4.78, 5) is 4.16. The van der Waals surface area contributed by atoms with Gasteiger partial charge in [-0.2, -0.15) is 13.2 Å². The predicted molar refractivity (Wildman–Crippen MR) is 65.5 cm³/mol. The minimum absolute atomic E-state index is 0.0451. The molecule has 0 bridgehead atoms. The Labute approximate surface area is 107 Å². The molecule has 0 aliphatic rings. The molecule has 1 heterocycles. The number of aromatic nitrogens is 1. The Kier molecular flexibility index (Phi) is 5.29. The number of pyridine rings is 1. The molecule has 0 aliphatic heterocycles. The van der Waals surface area contributed by atoms with Crippen molar-refractivity contribution in [2.45, 2.75) is 6.18 Å². The Balaban J connectivity index is 2.25. The van der Waals surface area contributed by atoms with Gasteiger partial charge in [-0.3, -0.25) is 4.98 Å². The SMILES string of the molecule is NC(=S)c1ccc(NCCOCC(F)(F)F)cn1. The molecule has 100 valence electrons. The Hall–Kier alpha value is -1.41. The molecule has 0 radical (unpaired) electrons. The number of anilines is 1. The molecule has 8 heteroatoms. The zero-order valence-corrected chi connectivity index (χ0v) is 10.1. The number of nitrogens with one attached hydrogen (secondary N) is 1. The van der Waals surface area contributed by atoms with Crippen molar-refractivity contribution in [2.75, 3.05) is 25.1 Å². The van der Waals surface area contributed by atoms with Crippen LogP contribution in [-0.2, 0) is 4.74 Å². The number of hydrogen-bond acceptors (Lipinski definition) is 4. The number of alkyl halides is 3. The minimum atomic E-state index is -4.29. The molecule has 1 aromatic heterocycles. The second-order valence-electron chi connectivity index (χ2n) is 3.39. The summed E-state index contributed by atoms with van der Waals surface area (Å²) in [6.07, 6.45) is -2.79. The molecule has 0 saturated carbocycles. The van der Waals surface area contributed by atoms with Crippen molar-refractivity contribution in [3.05, 3.63) is 24.0 Å². The second kappa shape index (κ2) is 6.50. The molecule has 0 atom stereocenters. The van der Waals surface area contributed by atoms with E-state index < -0.39 is 12.8 Å². The average Bonchev–Trinajstić information content (AvgIpc) is 2.27. The molecule has 0 spiro atoms. The Morgan fingerprint density at radius 1 is 1.44 bits per heavy atom. The van der Waals surface area contributed by atoms with Crippen molar-refractivity contribution < 1.29 is 17.9 Å². The van der Waals surface area contributed by atoms with E-state index in [-0.39, 0.29) is 18.1 Å². The minimum Gasteiger partial charge on any atom is -0.388 e. The number of hydrogen-bond donors (Lipinski definition) is 2. The highest BCUT2D eigenvalue weighted by Crippen LogP contribution is 2.14. The van der Waals surface area contributed by atoms with E-state index in [9.17, 15) is 13.2 Å². The fourth-order valence-electron chi connectivity index (χ4n) is 1.10. The summed E-state index contributed by atoms with van der Waals surface area (Å²) in [5, 5.41) is 2.86. The highest BCUT2D eigenvalue weighted by atomic mass is 32.1. The number of thiocarbonyl (C=S) groups is 1. The second-order valence-corrected chi connectivity index (χ2v) is 3.83. The summed E-state index contributed by atoms with van der Waals surface area (Å²) in [6.45, 7) is -1.03. The van der Waals surface area contributed by atoms with Crippen LogP contribution in [0, 0.1) is 0 Å². The lowest BCUT2D eigenvalue weighted by Gasteiger charge is -2.09. The van der Waals surface area contributed by atoms with Gasteiger partial charge in [0.15, 0.2) is 0 Å². The third-order valence-corrected chi connectivity index (χ3v) is 2.07. The number of ether oxygens (including phenoxy) is 1. The van der Waals surface area contributed by atoms with E-state index >= 15 is 0 Å². The van der Waals surface area contributed by atoms with Crippen molar-refractivity contribution in [1.82, 2.24) is 4.98 Å². The lowest BCUT2D eigenvalue weighted by molar-refractivity contribution is -0.172. The molecular formula is C10H12F3N3OS. The van der Waals surface area contributed by atoms with Crippen LogP contribution in [0.1, 0.15) is 5.69 Å². The largest absolute Gasteiger partial charge is 0.411 e. The van der Waals surface area contributed by atoms with Crippen LogP contribution in [-0.4, -0.2) is 35.9 Å². The number of nitrogens with zero attached hydrogens (tertiary/aromatic N) is 1. The standard InChI is InChI=1S/C10H12F3N3OS/c11-10(12,13)6-17-4-3-15-7-1-2-8(9(14)18)16-5-7/h1-2,5,15H,3-4,6H2,(H2,14,18). The molecule has 4 nitrogen and oxygen atoms in total. The maximum Gasteiger partial charge on any atom is 0.411 e. The molecule has 0 amide bonds. The van der Waals surface area contributed by atoms with Gasteiger partial charge in [-0.25, -0.2) is 0 Å². The van der Waals surface area contributed by atoms with Gasteiger partial charge in [-0.15, -0.1) is 0 Å². The van der Waals surface area contributed by atoms with Crippen LogP contribution in [0.4, 0.5) is 18.9 Å². The predicted octanol–water partition coefficient (Wildman–Crippen LogP) is 1.71. The zero-order valence-electron chi connectivity index (χ0n) is 9.33. The van der Waals surface area contributed by atoms with Gasteiger partial charge in [-0.05, 0) is 12.1 Å². The molecule has 3 N–H and O–H groups in total. The summed E-state index contributed by atoms with van der Waals surface area (Å²) in [7, 11) is 0. The Morgan fingerprint density at radius 2 is 2.17 bits per heavy atom. The van der Waals surface area contributed by atoms with Gasteiger partial charge >= 0.3 is 6.18 Å². The average molecular weight is 279 g/mol. The molecule has 0 aromatic carbocycles. The van der Waals surface area contributed by atoms with E-state index in [0.717, 1.165) is 0 Å². The van der Waals surface area contributed by atoms with Gasteiger partial charge in [-0.1, -0.05) is 12.2 Å². The van der Waals surface area contributed by atoms with Crippen molar-refractivity contribution in [1.29, 1.82) is 0 Å². The lowest BCUT2D eigenvalue weighted by atomic mass is 10.3. The lowest BCUT2D eigenvalue weighted by Crippen LogP contribution is -2.20. The molecule has 1 rings (SSSR count). The van der Waals surface area contributed by atoms with E-state index in [1.807, 2.05) is 0 Å². The number of nitrogens with two attached hydrogens (primary N) is 1. The first-order valence-corrected chi connectivity index (χ1v) is 5.43. The molecular weight excluding hydrogens is 267 g/mol. The summed E-state index contributed by atoms with van der Waals surface area (Å²) < 4.78 is 39.7. The van der Waals surface area contributed by atoms with Gasteiger partial charge in [0.1, 0.15) is 11.6 Å². The van der Waals surface area contributed by atoms with Crippen molar-refractivity contribution in [2.24, 2.45) is 5.73 Å². The molecule has 0 saturated heterocycles. The Bertz CT molecular complexity index is 394. The van der Waals surface area contributed by atoms with Crippen LogP contribution in [0.2, 0.25) is 0 Å². The maximum absolute atomic E-state index is 11.7. The van der Waals surface area contributed by atoms with Crippen LogP contribution in [0.15, 0.2) is 18.3 Å². The quantitative estimate of drug-likeness (QED) is 0.613. The zero-order chi connectivity index (χ0) is 13.6. The van der Waals surface area contributed by atoms with Crippen LogP contribution in [0.25, 0.3) is 0 Å². The summed E-state index contributed by atoms with van der Waals surface area (Å²) in [6, 6.07) is 3.31. The highest BCUT2D eigenvalue weighted by molar-refractivity contribution is 7.80. The summed E-state index contributed by atoms with van der Waals surface area (Å²) >= 11 is 4.73. The fourth-order valence-corrected chi connectivity index (χ4v) is 1.22. The first kappa shape index (κ1) is 14.7. The maximum atomic E-state index is 11.7. The smallest absolute Gasteiger partial charge is 0.388 e. The van der Waals surface area contributed by atoms with Crippen molar-refractivity contribution >= 4 is 22.9 Å². The van der Waals surface area contributed by atoms with Crippen LogP contribution in [0.3, 0.4) is 0 Å². The summed E-state index contributed by atoms with van der Waals surface area (Å²) in [5.74, 6) is 0. The van der Waals surface area contributed by atoms with Gasteiger partial charge in [0.2, 0.25) is 0 Å².